The van der Waals surface area contributed by atoms with E-state index in [1.54, 1.807) is 12.3 Å². The van der Waals surface area contributed by atoms with Gasteiger partial charge in [0.05, 0.1) is 0 Å². The summed E-state index contributed by atoms with van der Waals surface area (Å²) in [4.78, 5) is 25.5. The van der Waals surface area contributed by atoms with Crippen LogP contribution in [0.25, 0.3) is 22.0 Å². The van der Waals surface area contributed by atoms with Crippen molar-refractivity contribution in [3.63, 3.8) is 0 Å². The summed E-state index contributed by atoms with van der Waals surface area (Å²) in [6.45, 7) is -0.338. The van der Waals surface area contributed by atoms with Gasteiger partial charge in [-0.15, -0.1) is 0 Å². The molecule has 0 saturated heterocycles. The molecule has 0 aliphatic heterocycles. The van der Waals surface area contributed by atoms with Crippen LogP contribution in [0.5, 0.6) is 0 Å². The summed E-state index contributed by atoms with van der Waals surface area (Å²) >= 11 is 0. The summed E-state index contributed by atoms with van der Waals surface area (Å²) in [5.41, 5.74) is 2.45. The summed E-state index contributed by atoms with van der Waals surface area (Å²) in [5, 5.41) is 9.86. The van der Waals surface area contributed by atoms with Gasteiger partial charge in [-0.2, -0.15) is 0 Å². The van der Waals surface area contributed by atoms with Crippen LogP contribution in [0, 0.1) is 0 Å². The van der Waals surface area contributed by atoms with Crippen LogP contribution in [-0.2, 0) is 11.3 Å². The van der Waals surface area contributed by atoms with Crippen molar-refractivity contribution in [2.45, 2.75) is 6.54 Å². The summed E-state index contributed by atoms with van der Waals surface area (Å²) in [7, 11) is 0. The first-order valence-corrected chi connectivity index (χ1v) is 6.14. The van der Waals surface area contributed by atoms with Gasteiger partial charge in [-0.1, -0.05) is 12.1 Å². The Morgan fingerprint density at radius 3 is 2.85 bits per heavy atom. The Labute approximate surface area is 114 Å². The van der Waals surface area contributed by atoms with Gasteiger partial charge in [-0.05, 0) is 29.3 Å². The van der Waals surface area contributed by atoms with Gasteiger partial charge in [0.25, 0.3) is 5.56 Å². The smallest absolute Gasteiger partial charge is 0.323 e. The number of aliphatic carboxylic acids is 1. The minimum absolute atomic E-state index is 0.322. The molecular formula is C15H12N2O3. The van der Waals surface area contributed by atoms with Gasteiger partial charge < -0.3 is 14.7 Å². The van der Waals surface area contributed by atoms with Gasteiger partial charge in [0, 0.05) is 29.4 Å². The lowest BCUT2D eigenvalue weighted by molar-refractivity contribution is -0.137. The van der Waals surface area contributed by atoms with E-state index in [2.05, 4.69) is 4.98 Å². The average molecular weight is 268 g/mol. The maximum Gasteiger partial charge on any atom is 0.323 e. The predicted molar refractivity (Wildman–Crippen MR) is 75.6 cm³/mol. The highest BCUT2D eigenvalue weighted by Gasteiger charge is 2.07. The van der Waals surface area contributed by atoms with Crippen LogP contribution in [0.3, 0.4) is 0 Å². The van der Waals surface area contributed by atoms with E-state index in [0.717, 1.165) is 22.0 Å². The van der Waals surface area contributed by atoms with E-state index in [1.165, 1.54) is 10.6 Å². The lowest BCUT2D eigenvalue weighted by Crippen LogP contribution is -2.22. The van der Waals surface area contributed by atoms with Crippen molar-refractivity contribution in [1.82, 2.24) is 9.55 Å². The molecule has 0 spiro atoms. The van der Waals surface area contributed by atoms with Crippen molar-refractivity contribution in [1.29, 1.82) is 0 Å². The zero-order chi connectivity index (χ0) is 14.1. The number of H-pyrrole nitrogens is 1. The molecule has 3 aromatic rings. The molecule has 0 aliphatic carbocycles. The first kappa shape index (κ1) is 12.2. The fourth-order valence-electron chi connectivity index (χ4n) is 2.30. The minimum atomic E-state index is -1.04. The molecule has 0 amide bonds. The number of nitrogens with zero attached hydrogens (tertiary/aromatic N) is 1. The van der Waals surface area contributed by atoms with Gasteiger partial charge >= 0.3 is 5.97 Å². The Morgan fingerprint density at radius 1 is 1.20 bits per heavy atom. The Balaban J connectivity index is 2.17. The van der Waals surface area contributed by atoms with Crippen molar-refractivity contribution in [2.24, 2.45) is 0 Å². The van der Waals surface area contributed by atoms with E-state index in [-0.39, 0.29) is 12.1 Å². The lowest BCUT2D eigenvalue weighted by Gasteiger charge is -2.07. The number of carbonyl (C=O) groups is 1. The monoisotopic (exact) mass is 268 g/mol. The number of benzene rings is 1. The van der Waals surface area contributed by atoms with Crippen molar-refractivity contribution in [2.75, 3.05) is 0 Å². The standard InChI is InChI=1S/C15H12N2O3/c18-14-5-4-10(8-17(14)9-15(19)20)11-2-1-3-13-12(11)6-7-16-13/h1-8,16H,9H2,(H,19,20). The van der Waals surface area contributed by atoms with Crippen LogP contribution in [0.1, 0.15) is 0 Å². The van der Waals surface area contributed by atoms with E-state index in [1.807, 2.05) is 30.5 Å². The lowest BCUT2D eigenvalue weighted by atomic mass is 10.0. The number of aromatic amines is 1. The number of carboxylic acid groups (broad SMARTS) is 1. The van der Waals surface area contributed by atoms with Crippen LogP contribution in [-0.4, -0.2) is 20.6 Å². The summed E-state index contributed by atoms with van der Waals surface area (Å²) in [5.74, 6) is -1.04. The highest BCUT2D eigenvalue weighted by Crippen LogP contribution is 2.27. The molecule has 0 unspecified atom stereocenters. The maximum atomic E-state index is 11.6. The Morgan fingerprint density at radius 2 is 2.05 bits per heavy atom. The van der Waals surface area contributed by atoms with Crippen molar-refractivity contribution in [3.8, 4) is 11.1 Å². The number of aromatic nitrogens is 2. The van der Waals surface area contributed by atoms with Gasteiger partial charge in [0.15, 0.2) is 0 Å². The summed E-state index contributed by atoms with van der Waals surface area (Å²) in [6.07, 6.45) is 3.43. The topological polar surface area (TPSA) is 75.1 Å². The normalized spacial score (nSPS) is 10.8. The molecule has 2 N–H and O–H groups in total. The molecule has 5 heteroatoms. The van der Waals surface area contributed by atoms with Crippen LogP contribution < -0.4 is 5.56 Å². The molecule has 100 valence electrons. The third-order valence-electron chi connectivity index (χ3n) is 3.20. The van der Waals surface area contributed by atoms with Crippen LogP contribution in [0.15, 0.2) is 53.6 Å². The number of hydrogen-bond donors (Lipinski definition) is 2. The molecule has 0 saturated carbocycles. The van der Waals surface area contributed by atoms with Crippen LogP contribution in [0.2, 0.25) is 0 Å². The molecular weight excluding hydrogens is 256 g/mol. The molecule has 3 rings (SSSR count). The van der Waals surface area contributed by atoms with Gasteiger partial charge in [0.1, 0.15) is 6.54 Å². The summed E-state index contributed by atoms with van der Waals surface area (Å²) < 4.78 is 1.20. The van der Waals surface area contributed by atoms with Gasteiger partial charge in [-0.3, -0.25) is 9.59 Å². The Bertz CT molecular complexity index is 845. The van der Waals surface area contributed by atoms with Crippen molar-refractivity contribution < 1.29 is 9.90 Å². The second-order valence-corrected chi connectivity index (χ2v) is 4.52. The summed E-state index contributed by atoms with van der Waals surface area (Å²) in [6, 6.07) is 10.9. The van der Waals surface area contributed by atoms with Crippen LogP contribution >= 0.6 is 0 Å². The molecule has 2 aromatic heterocycles. The maximum absolute atomic E-state index is 11.6. The van der Waals surface area contributed by atoms with E-state index in [0.29, 0.717) is 0 Å². The predicted octanol–water partition coefficient (Wildman–Crippen LogP) is 2.08. The zero-order valence-corrected chi connectivity index (χ0v) is 10.5. The number of carboxylic acids is 1. The quantitative estimate of drug-likeness (QED) is 0.763. The largest absolute Gasteiger partial charge is 0.480 e. The molecule has 0 fully saturated rings. The third kappa shape index (κ3) is 2.09. The molecule has 1 aromatic carbocycles. The van der Waals surface area contributed by atoms with Crippen molar-refractivity contribution in [3.05, 3.63) is 59.1 Å². The molecule has 0 radical (unpaired) electrons. The number of rotatable bonds is 3. The molecule has 0 bridgehead atoms. The van der Waals surface area contributed by atoms with Crippen LogP contribution in [0.4, 0.5) is 0 Å². The highest BCUT2D eigenvalue weighted by molar-refractivity contribution is 5.94. The first-order valence-electron chi connectivity index (χ1n) is 6.14. The number of hydrogen-bond acceptors (Lipinski definition) is 2. The Kier molecular flexibility index (Phi) is 2.87. The van der Waals surface area contributed by atoms with Gasteiger partial charge in [-0.25, -0.2) is 0 Å². The van der Waals surface area contributed by atoms with E-state index in [9.17, 15) is 9.59 Å². The minimum Gasteiger partial charge on any atom is -0.480 e. The fourth-order valence-corrected chi connectivity index (χ4v) is 2.30. The SMILES string of the molecule is O=C(O)Cn1cc(-c2cccc3[nH]ccc23)ccc1=O. The molecule has 2 heterocycles. The molecule has 0 atom stereocenters. The number of nitrogens with one attached hydrogen (secondary N) is 1. The fraction of sp³-hybridized carbons (Fsp3) is 0.0667. The van der Waals surface area contributed by atoms with E-state index >= 15 is 0 Å². The zero-order valence-electron chi connectivity index (χ0n) is 10.5. The van der Waals surface area contributed by atoms with Gasteiger partial charge in [0.2, 0.25) is 0 Å². The van der Waals surface area contributed by atoms with E-state index < -0.39 is 5.97 Å². The second-order valence-electron chi connectivity index (χ2n) is 4.52. The molecule has 5 nitrogen and oxygen atoms in total. The second kappa shape index (κ2) is 4.70. The average Bonchev–Trinajstić information content (AvgIpc) is 2.89. The number of fused-ring (bicyclic) bond motifs is 1. The molecule has 0 aliphatic rings. The first-order chi connectivity index (χ1) is 9.65. The van der Waals surface area contributed by atoms with Crippen molar-refractivity contribution >= 4 is 16.9 Å². The Hall–Kier alpha value is -2.82. The third-order valence-corrected chi connectivity index (χ3v) is 3.20. The molecule has 20 heavy (non-hydrogen) atoms. The van der Waals surface area contributed by atoms with E-state index in [4.69, 9.17) is 5.11 Å². The number of pyridine rings is 1. The highest BCUT2D eigenvalue weighted by atomic mass is 16.4.